The molecule has 0 aromatic heterocycles. The van der Waals surface area contributed by atoms with E-state index < -0.39 is 12.1 Å². The highest BCUT2D eigenvalue weighted by Crippen LogP contribution is 2.08. The van der Waals surface area contributed by atoms with Crippen LogP contribution in [0.25, 0.3) is 0 Å². The van der Waals surface area contributed by atoms with Crippen molar-refractivity contribution in [2.24, 2.45) is 0 Å². The van der Waals surface area contributed by atoms with Gasteiger partial charge in [-0.1, -0.05) is 173 Å². The summed E-state index contributed by atoms with van der Waals surface area (Å²) in [6, 6.07) is -0.668. The fourth-order valence-corrected chi connectivity index (χ4v) is 5.34. The van der Waals surface area contributed by atoms with Crippen LogP contribution in [0.3, 0.4) is 0 Å². The number of amides is 1. The van der Waals surface area contributed by atoms with Crippen LogP contribution in [0.15, 0.2) is 134 Å². The maximum absolute atomic E-state index is 12.4. The first-order valence-corrected chi connectivity index (χ1v) is 21.4. The van der Waals surface area contributed by atoms with Crippen molar-refractivity contribution in [1.82, 2.24) is 5.32 Å². The van der Waals surface area contributed by atoms with Gasteiger partial charge in [0.2, 0.25) is 5.91 Å². The number of aliphatic hydroxyl groups is 2. The van der Waals surface area contributed by atoms with Crippen LogP contribution < -0.4 is 5.32 Å². The Labute approximate surface area is 332 Å². The maximum Gasteiger partial charge on any atom is 0.220 e. The normalized spacial score (nSPS) is 14.4. The highest BCUT2D eigenvalue weighted by Gasteiger charge is 2.17. The topological polar surface area (TPSA) is 69.6 Å². The molecule has 0 aromatic carbocycles. The van der Waals surface area contributed by atoms with Gasteiger partial charge in [-0.2, -0.15) is 0 Å². The van der Waals surface area contributed by atoms with Gasteiger partial charge in [-0.05, 0) is 109 Å². The standard InChI is InChI=1S/C50H79NO3/c1-3-5-7-9-11-13-15-17-18-19-20-21-22-23-24-25-26-27-28-29-30-31-32-34-36-38-40-42-44-46-50(54)51-48(47-52)49(53)45-43-41-39-37-35-33-16-14-12-10-8-6-4-2/h5,7,11-14,17-18,20-21,23-24,26-27,29-30,32,34-35,37,43,45,48-49,52-53H,3-4,6,8-10,15-16,19,22,25,28,31,33,36,38-42,44,46-47H2,1-2H3,(H,51,54)/b7-5-,13-11-,14-12+,18-17-,21-20-,24-23-,27-26-,30-29-,34-32-,37-35+,45-43+. The lowest BCUT2D eigenvalue weighted by atomic mass is 10.1. The Morgan fingerprint density at radius 1 is 0.463 bits per heavy atom. The molecule has 54 heavy (non-hydrogen) atoms. The third-order valence-electron chi connectivity index (χ3n) is 8.60. The molecule has 0 saturated carbocycles. The molecule has 2 unspecified atom stereocenters. The zero-order valence-electron chi connectivity index (χ0n) is 34.4. The van der Waals surface area contributed by atoms with Crippen molar-refractivity contribution in [3.05, 3.63) is 134 Å². The highest BCUT2D eigenvalue weighted by atomic mass is 16.3. The predicted molar refractivity (Wildman–Crippen MR) is 238 cm³/mol. The van der Waals surface area contributed by atoms with E-state index in [2.05, 4.69) is 141 Å². The smallest absolute Gasteiger partial charge is 0.220 e. The summed E-state index contributed by atoms with van der Waals surface area (Å²) in [5.41, 5.74) is 0. The van der Waals surface area contributed by atoms with E-state index >= 15 is 0 Å². The van der Waals surface area contributed by atoms with Gasteiger partial charge in [0, 0.05) is 6.42 Å². The number of hydrogen-bond donors (Lipinski definition) is 3. The van der Waals surface area contributed by atoms with Gasteiger partial charge in [0.1, 0.15) is 0 Å². The molecule has 4 nitrogen and oxygen atoms in total. The third kappa shape index (κ3) is 39.7. The van der Waals surface area contributed by atoms with E-state index in [1.54, 1.807) is 6.08 Å². The average molecular weight is 742 g/mol. The molecule has 4 heteroatoms. The first-order valence-electron chi connectivity index (χ1n) is 21.4. The van der Waals surface area contributed by atoms with Crippen molar-refractivity contribution >= 4 is 5.91 Å². The summed E-state index contributed by atoms with van der Waals surface area (Å²) >= 11 is 0. The van der Waals surface area contributed by atoms with Crippen LogP contribution in [0.4, 0.5) is 0 Å². The van der Waals surface area contributed by atoms with Crippen LogP contribution in [0.5, 0.6) is 0 Å². The van der Waals surface area contributed by atoms with E-state index in [4.69, 9.17) is 0 Å². The van der Waals surface area contributed by atoms with Crippen LogP contribution >= 0.6 is 0 Å². The fraction of sp³-hybridized carbons (Fsp3) is 0.540. The van der Waals surface area contributed by atoms with Crippen LogP contribution in [0, 0.1) is 0 Å². The second-order valence-electron chi connectivity index (χ2n) is 13.7. The number of unbranched alkanes of at least 4 members (excludes halogenated alkanes) is 9. The van der Waals surface area contributed by atoms with Gasteiger partial charge in [0.05, 0.1) is 18.8 Å². The van der Waals surface area contributed by atoms with Crippen molar-refractivity contribution in [3.63, 3.8) is 0 Å². The molecule has 0 aromatic rings. The van der Waals surface area contributed by atoms with E-state index in [9.17, 15) is 15.0 Å². The third-order valence-corrected chi connectivity index (χ3v) is 8.60. The quantitative estimate of drug-likeness (QED) is 0.0442. The lowest BCUT2D eigenvalue weighted by Gasteiger charge is -2.19. The van der Waals surface area contributed by atoms with Crippen molar-refractivity contribution in [2.75, 3.05) is 6.61 Å². The average Bonchev–Trinajstić information content (AvgIpc) is 3.18. The van der Waals surface area contributed by atoms with Crippen LogP contribution in [0.1, 0.15) is 155 Å². The molecule has 0 spiro atoms. The number of carbonyl (C=O) groups excluding carboxylic acids is 1. The maximum atomic E-state index is 12.4. The summed E-state index contributed by atoms with van der Waals surface area (Å²) in [5, 5.41) is 22.9. The molecule has 3 N–H and O–H groups in total. The number of allylic oxidation sites excluding steroid dienone is 21. The van der Waals surface area contributed by atoms with Gasteiger partial charge in [0.25, 0.3) is 0 Å². The Bertz CT molecular complexity index is 1160. The van der Waals surface area contributed by atoms with Crippen LogP contribution in [-0.4, -0.2) is 34.9 Å². The molecule has 1 amide bonds. The second kappa shape index (κ2) is 43.9. The minimum absolute atomic E-state index is 0.112. The molecule has 0 radical (unpaired) electrons. The van der Waals surface area contributed by atoms with Gasteiger partial charge in [-0.25, -0.2) is 0 Å². The first-order chi connectivity index (χ1) is 26.7. The van der Waals surface area contributed by atoms with E-state index in [1.807, 2.05) is 6.08 Å². The SMILES string of the molecule is CC/C=C\C/C=C\C/C=C\C/C=C\C/C=C\C/C=C\C/C=C\C/C=C\CCCCCCC(=O)NC(CO)C(O)/C=C/CC/C=C/CC/C=C/CCCCC. The van der Waals surface area contributed by atoms with E-state index in [0.717, 1.165) is 109 Å². The number of aliphatic hydroxyl groups excluding tert-OH is 2. The molecule has 0 saturated heterocycles. The zero-order valence-corrected chi connectivity index (χ0v) is 34.4. The minimum atomic E-state index is -0.890. The molecule has 2 atom stereocenters. The molecule has 0 heterocycles. The van der Waals surface area contributed by atoms with Crippen LogP contribution in [-0.2, 0) is 4.79 Å². The first kappa shape index (κ1) is 50.5. The molecule has 0 bridgehead atoms. The van der Waals surface area contributed by atoms with Crippen molar-refractivity contribution < 1.29 is 15.0 Å². The second-order valence-corrected chi connectivity index (χ2v) is 13.7. The van der Waals surface area contributed by atoms with E-state index in [1.165, 1.54) is 25.7 Å². The van der Waals surface area contributed by atoms with Crippen molar-refractivity contribution in [2.45, 2.75) is 167 Å². The van der Waals surface area contributed by atoms with Gasteiger partial charge < -0.3 is 15.5 Å². The number of rotatable bonds is 36. The largest absolute Gasteiger partial charge is 0.394 e. The lowest BCUT2D eigenvalue weighted by Crippen LogP contribution is -2.45. The highest BCUT2D eigenvalue weighted by molar-refractivity contribution is 5.76. The number of carbonyl (C=O) groups is 1. The Hall–Kier alpha value is -3.47. The Kier molecular flexibility index (Phi) is 41.1. The monoisotopic (exact) mass is 742 g/mol. The summed E-state index contributed by atoms with van der Waals surface area (Å²) in [4.78, 5) is 12.4. The summed E-state index contributed by atoms with van der Waals surface area (Å²) in [7, 11) is 0. The molecule has 0 aliphatic heterocycles. The molecule has 0 fully saturated rings. The molecule has 0 aliphatic rings. The summed E-state index contributed by atoms with van der Waals surface area (Å²) in [6.07, 6.45) is 69.8. The van der Waals surface area contributed by atoms with Gasteiger partial charge in [-0.3, -0.25) is 4.79 Å². The Balaban J connectivity index is 3.78. The van der Waals surface area contributed by atoms with Crippen LogP contribution in [0.2, 0.25) is 0 Å². The Morgan fingerprint density at radius 2 is 0.833 bits per heavy atom. The predicted octanol–water partition coefficient (Wildman–Crippen LogP) is 13.6. The molecule has 0 rings (SSSR count). The zero-order chi connectivity index (χ0) is 39.3. The number of hydrogen-bond acceptors (Lipinski definition) is 3. The van der Waals surface area contributed by atoms with Crippen molar-refractivity contribution in [1.29, 1.82) is 0 Å². The van der Waals surface area contributed by atoms with Gasteiger partial charge >= 0.3 is 0 Å². The van der Waals surface area contributed by atoms with Gasteiger partial charge in [-0.15, -0.1) is 0 Å². The summed E-state index contributed by atoms with van der Waals surface area (Å²) < 4.78 is 0. The molecular weight excluding hydrogens is 663 g/mol. The number of nitrogens with one attached hydrogen (secondary N) is 1. The summed E-state index contributed by atoms with van der Waals surface area (Å²) in [5.74, 6) is -0.112. The molecular formula is C50H79NO3. The minimum Gasteiger partial charge on any atom is -0.394 e. The molecule has 302 valence electrons. The van der Waals surface area contributed by atoms with Crippen molar-refractivity contribution in [3.8, 4) is 0 Å². The van der Waals surface area contributed by atoms with Gasteiger partial charge in [0.15, 0.2) is 0 Å². The lowest BCUT2D eigenvalue weighted by molar-refractivity contribution is -0.123. The fourth-order valence-electron chi connectivity index (χ4n) is 5.34. The molecule has 0 aliphatic carbocycles. The van der Waals surface area contributed by atoms with E-state index in [0.29, 0.717) is 6.42 Å². The summed E-state index contributed by atoms with van der Waals surface area (Å²) in [6.45, 7) is 4.10. The van der Waals surface area contributed by atoms with E-state index in [-0.39, 0.29) is 12.5 Å². The Morgan fingerprint density at radius 3 is 1.28 bits per heavy atom.